The zero-order valence-electron chi connectivity index (χ0n) is 8.85. The molecule has 0 radical (unpaired) electrons. The third kappa shape index (κ3) is 3.45. The topological polar surface area (TPSA) is 52.9 Å². The minimum atomic E-state index is -0.352. The third-order valence-electron chi connectivity index (χ3n) is 2.55. The highest BCUT2D eigenvalue weighted by atomic mass is 16.2. The van der Waals surface area contributed by atoms with Crippen molar-refractivity contribution in [3.63, 3.8) is 0 Å². The Morgan fingerprint density at radius 3 is 2.46 bits per heavy atom. The molecule has 0 aliphatic heterocycles. The lowest BCUT2D eigenvalue weighted by Crippen LogP contribution is -2.40. The highest BCUT2D eigenvalue weighted by molar-refractivity contribution is 5.82. The van der Waals surface area contributed by atoms with E-state index in [4.69, 9.17) is 5.26 Å². The summed E-state index contributed by atoms with van der Waals surface area (Å²) in [5, 5.41) is 11.0. The predicted octanol–water partition coefficient (Wildman–Crippen LogP) is 1.70. The number of nitrogens with one attached hydrogen (secondary N) is 1. The Hall–Kier alpha value is -1.04. The van der Waals surface area contributed by atoms with Crippen LogP contribution < -0.4 is 5.32 Å². The molecule has 0 saturated heterocycles. The summed E-state index contributed by atoms with van der Waals surface area (Å²) < 4.78 is 0. The van der Waals surface area contributed by atoms with Crippen LogP contribution in [-0.4, -0.2) is 12.5 Å². The van der Waals surface area contributed by atoms with Gasteiger partial charge in [0.15, 0.2) is 0 Å². The molecule has 0 aliphatic rings. The fraction of sp³-hybridized carbons (Fsp3) is 0.800. The standard InChI is InChI=1S/C10H18N2O/c1-8(2)10(3,4)9(13)12-7-5-6-11/h8H,5,7H2,1-4H3,(H,12,13). The zero-order chi connectivity index (χ0) is 10.5. The lowest BCUT2D eigenvalue weighted by atomic mass is 9.80. The van der Waals surface area contributed by atoms with Crippen LogP contribution in [0.25, 0.3) is 0 Å². The summed E-state index contributed by atoms with van der Waals surface area (Å²) >= 11 is 0. The van der Waals surface area contributed by atoms with E-state index in [-0.39, 0.29) is 11.3 Å². The Morgan fingerprint density at radius 2 is 2.08 bits per heavy atom. The summed E-state index contributed by atoms with van der Waals surface area (Å²) in [6, 6.07) is 1.99. The second kappa shape index (κ2) is 4.86. The number of hydrogen-bond acceptors (Lipinski definition) is 2. The summed E-state index contributed by atoms with van der Waals surface area (Å²) in [5.74, 6) is 0.326. The van der Waals surface area contributed by atoms with Gasteiger partial charge in [0.25, 0.3) is 0 Å². The van der Waals surface area contributed by atoms with Crippen LogP contribution in [0.2, 0.25) is 0 Å². The van der Waals surface area contributed by atoms with Crippen molar-refractivity contribution < 1.29 is 4.79 Å². The highest BCUT2D eigenvalue weighted by Gasteiger charge is 2.30. The van der Waals surface area contributed by atoms with Gasteiger partial charge in [-0.1, -0.05) is 27.7 Å². The Kier molecular flexibility index (Phi) is 4.47. The lowest BCUT2D eigenvalue weighted by Gasteiger charge is -2.27. The van der Waals surface area contributed by atoms with Crippen molar-refractivity contribution in [2.45, 2.75) is 34.1 Å². The van der Waals surface area contributed by atoms with Crippen LogP contribution in [0.1, 0.15) is 34.1 Å². The molecular weight excluding hydrogens is 164 g/mol. The Balaban J connectivity index is 4.04. The quantitative estimate of drug-likeness (QED) is 0.673. The first-order valence-corrected chi connectivity index (χ1v) is 4.58. The van der Waals surface area contributed by atoms with Crippen LogP contribution in [0, 0.1) is 22.7 Å². The van der Waals surface area contributed by atoms with Gasteiger partial charge in [-0.2, -0.15) is 5.26 Å². The lowest BCUT2D eigenvalue weighted by molar-refractivity contribution is -0.131. The number of carbonyl (C=O) groups is 1. The van der Waals surface area contributed by atoms with Crippen LogP contribution in [0.5, 0.6) is 0 Å². The van der Waals surface area contributed by atoms with Gasteiger partial charge in [-0.15, -0.1) is 0 Å². The average molecular weight is 182 g/mol. The van der Waals surface area contributed by atoms with Crippen molar-refractivity contribution in [1.82, 2.24) is 5.32 Å². The maximum atomic E-state index is 11.6. The first-order valence-electron chi connectivity index (χ1n) is 4.58. The van der Waals surface area contributed by atoms with Crippen molar-refractivity contribution in [3.05, 3.63) is 0 Å². The van der Waals surface area contributed by atoms with Gasteiger partial charge in [-0.05, 0) is 5.92 Å². The van der Waals surface area contributed by atoms with E-state index in [1.807, 2.05) is 33.8 Å². The molecule has 0 rings (SSSR count). The van der Waals surface area contributed by atoms with E-state index in [0.717, 1.165) is 0 Å². The highest BCUT2D eigenvalue weighted by Crippen LogP contribution is 2.25. The van der Waals surface area contributed by atoms with Gasteiger partial charge in [0.2, 0.25) is 5.91 Å². The molecule has 0 unspecified atom stereocenters. The molecule has 0 atom stereocenters. The van der Waals surface area contributed by atoms with E-state index in [1.54, 1.807) is 0 Å². The third-order valence-corrected chi connectivity index (χ3v) is 2.55. The summed E-state index contributed by atoms with van der Waals surface area (Å²) in [6.07, 6.45) is 0.375. The molecular formula is C10H18N2O. The molecule has 13 heavy (non-hydrogen) atoms. The fourth-order valence-corrected chi connectivity index (χ4v) is 0.722. The van der Waals surface area contributed by atoms with Crippen LogP contribution in [0.15, 0.2) is 0 Å². The van der Waals surface area contributed by atoms with E-state index < -0.39 is 0 Å². The van der Waals surface area contributed by atoms with Crippen LogP contribution in [0.3, 0.4) is 0 Å². The Labute approximate surface area is 80.1 Å². The van der Waals surface area contributed by atoms with Crippen LogP contribution in [0.4, 0.5) is 0 Å². The Bertz CT molecular complexity index is 213. The normalized spacial score (nSPS) is 11.1. The molecule has 0 fully saturated rings. The van der Waals surface area contributed by atoms with Gasteiger partial charge in [0, 0.05) is 12.0 Å². The van der Waals surface area contributed by atoms with E-state index in [0.29, 0.717) is 18.9 Å². The number of rotatable bonds is 4. The number of hydrogen-bond donors (Lipinski definition) is 1. The van der Waals surface area contributed by atoms with Crippen molar-refractivity contribution in [1.29, 1.82) is 5.26 Å². The molecule has 3 heteroatoms. The average Bonchev–Trinajstić information content (AvgIpc) is 2.04. The number of amides is 1. The zero-order valence-corrected chi connectivity index (χ0v) is 8.85. The number of carbonyl (C=O) groups excluding carboxylic acids is 1. The molecule has 0 heterocycles. The second-order valence-corrected chi connectivity index (χ2v) is 4.04. The van der Waals surface area contributed by atoms with Crippen molar-refractivity contribution in [2.75, 3.05) is 6.54 Å². The summed E-state index contributed by atoms with van der Waals surface area (Å²) in [7, 11) is 0. The maximum Gasteiger partial charge on any atom is 0.225 e. The molecule has 1 N–H and O–H groups in total. The molecule has 0 aliphatic carbocycles. The monoisotopic (exact) mass is 182 g/mol. The minimum absolute atomic E-state index is 0.0257. The van der Waals surface area contributed by atoms with Gasteiger partial charge >= 0.3 is 0 Å². The van der Waals surface area contributed by atoms with Gasteiger partial charge in [0.05, 0.1) is 12.5 Å². The Morgan fingerprint density at radius 1 is 1.54 bits per heavy atom. The second-order valence-electron chi connectivity index (χ2n) is 4.04. The van der Waals surface area contributed by atoms with Gasteiger partial charge in [0.1, 0.15) is 0 Å². The van der Waals surface area contributed by atoms with Crippen molar-refractivity contribution in [3.8, 4) is 6.07 Å². The van der Waals surface area contributed by atoms with Gasteiger partial charge in [-0.3, -0.25) is 4.79 Å². The van der Waals surface area contributed by atoms with E-state index in [1.165, 1.54) is 0 Å². The molecule has 3 nitrogen and oxygen atoms in total. The SMILES string of the molecule is CC(C)C(C)(C)C(=O)NCCC#N. The van der Waals surface area contributed by atoms with Crippen molar-refractivity contribution >= 4 is 5.91 Å². The molecule has 0 aromatic carbocycles. The summed E-state index contributed by atoms with van der Waals surface area (Å²) in [6.45, 7) is 8.32. The molecule has 0 aromatic rings. The van der Waals surface area contributed by atoms with Crippen LogP contribution >= 0.6 is 0 Å². The number of nitriles is 1. The van der Waals surface area contributed by atoms with E-state index in [9.17, 15) is 4.79 Å². The first kappa shape index (κ1) is 12.0. The van der Waals surface area contributed by atoms with E-state index in [2.05, 4.69) is 5.32 Å². The largest absolute Gasteiger partial charge is 0.355 e. The molecule has 0 bridgehead atoms. The molecule has 0 aromatic heterocycles. The first-order chi connectivity index (χ1) is 5.92. The minimum Gasteiger partial charge on any atom is -0.355 e. The summed E-state index contributed by atoms with van der Waals surface area (Å²) in [4.78, 5) is 11.6. The van der Waals surface area contributed by atoms with Crippen molar-refractivity contribution in [2.24, 2.45) is 11.3 Å². The maximum absolute atomic E-state index is 11.6. The smallest absolute Gasteiger partial charge is 0.225 e. The molecule has 74 valence electrons. The van der Waals surface area contributed by atoms with Gasteiger partial charge in [-0.25, -0.2) is 0 Å². The predicted molar refractivity (Wildman–Crippen MR) is 51.9 cm³/mol. The van der Waals surface area contributed by atoms with Gasteiger partial charge < -0.3 is 5.32 Å². The molecule has 0 spiro atoms. The van der Waals surface area contributed by atoms with E-state index >= 15 is 0 Å². The molecule has 0 saturated carbocycles. The van der Waals surface area contributed by atoms with Crippen LogP contribution in [-0.2, 0) is 4.79 Å². The summed E-state index contributed by atoms with van der Waals surface area (Å²) in [5.41, 5.74) is -0.352. The molecule has 1 amide bonds. The number of nitrogens with zero attached hydrogens (tertiary/aromatic N) is 1. The fourth-order valence-electron chi connectivity index (χ4n) is 0.722.